The fraction of sp³-hybridized carbons (Fsp3) is 0.500. The summed E-state index contributed by atoms with van der Waals surface area (Å²) < 4.78 is 9.58. The minimum absolute atomic E-state index is 0.0402. The van der Waals surface area contributed by atoms with E-state index >= 15 is 0 Å². The number of fused-ring (bicyclic) bond motifs is 1. The van der Waals surface area contributed by atoms with Crippen LogP contribution in [0.5, 0.6) is 0 Å². The lowest BCUT2D eigenvalue weighted by atomic mass is 10.0. The van der Waals surface area contributed by atoms with Crippen LogP contribution in [0.25, 0.3) is 0 Å². The minimum atomic E-state index is -0.410. The van der Waals surface area contributed by atoms with Gasteiger partial charge in [0, 0.05) is 18.5 Å². The van der Waals surface area contributed by atoms with Crippen molar-refractivity contribution in [2.75, 3.05) is 32.7 Å². The quantitative estimate of drug-likeness (QED) is 0.799. The van der Waals surface area contributed by atoms with Crippen molar-refractivity contribution in [2.45, 2.75) is 13.0 Å². The molecule has 0 saturated carbocycles. The van der Waals surface area contributed by atoms with E-state index in [1.807, 2.05) is 0 Å². The van der Waals surface area contributed by atoms with E-state index in [0.29, 0.717) is 17.1 Å². The maximum Gasteiger partial charge on any atom is 0.341 e. The molecule has 7 heteroatoms. The second kappa shape index (κ2) is 6.14. The number of rotatable bonds is 4. The third kappa shape index (κ3) is 2.94. The number of carbonyl (C=O) groups is 2. The van der Waals surface area contributed by atoms with Crippen LogP contribution >= 0.6 is 11.3 Å². The molecule has 6 nitrogen and oxygen atoms in total. The fourth-order valence-electron chi connectivity index (χ4n) is 2.03. The number of thiophene rings is 1. The molecule has 1 aliphatic heterocycles. The summed E-state index contributed by atoms with van der Waals surface area (Å²) in [4.78, 5) is 24.5. The highest BCUT2D eigenvalue weighted by Crippen LogP contribution is 2.35. The van der Waals surface area contributed by atoms with Crippen LogP contribution in [0.4, 0.5) is 5.00 Å². The van der Waals surface area contributed by atoms with Gasteiger partial charge in [-0.2, -0.15) is 0 Å². The van der Waals surface area contributed by atoms with Crippen molar-refractivity contribution in [1.82, 2.24) is 5.32 Å². The highest BCUT2D eigenvalue weighted by atomic mass is 32.1. The van der Waals surface area contributed by atoms with E-state index in [2.05, 4.69) is 10.6 Å². The molecule has 2 heterocycles. The first-order chi connectivity index (χ1) is 9.17. The molecule has 0 atom stereocenters. The Morgan fingerprint density at radius 1 is 1.42 bits per heavy atom. The van der Waals surface area contributed by atoms with Crippen LogP contribution in [0, 0.1) is 0 Å². The van der Waals surface area contributed by atoms with Crippen molar-refractivity contribution in [2.24, 2.45) is 0 Å². The summed E-state index contributed by atoms with van der Waals surface area (Å²) in [6, 6.07) is 0. The van der Waals surface area contributed by atoms with E-state index in [0.717, 1.165) is 23.4 Å². The third-order valence-electron chi connectivity index (χ3n) is 2.85. The van der Waals surface area contributed by atoms with E-state index in [4.69, 9.17) is 9.47 Å². The van der Waals surface area contributed by atoms with Crippen LogP contribution in [-0.2, 0) is 27.2 Å². The molecule has 1 aromatic rings. The van der Waals surface area contributed by atoms with Crippen molar-refractivity contribution < 1.29 is 19.1 Å². The standard InChI is InChI=1S/C12H16N2O4S/c1-17-6-9(15)14-11-10(12(16)18-2)7-3-4-13-5-8(7)19-11/h13H,3-6H2,1-2H3,(H,14,15). The van der Waals surface area contributed by atoms with Crippen LogP contribution in [0.2, 0.25) is 0 Å². The molecule has 104 valence electrons. The van der Waals surface area contributed by atoms with E-state index in [-0.39, 0.29) is 12.5 Å². The van der Waals surface area contributed by atoms with Crippen LogP contribution in [0.3, 0.4) is 0 Å². The Balaban J connectivity index is 2.33. The molecule has 0 bridgehead atoms. The lowest BCUT2D eigenvalue weighted by Gasteiger charge is -2.13. The third-order valence-corrected chi connectivity index (χ3v) is 3.99. The SMILES string of the molecule is COCC(=O)Nc1sc2c(c1C(=O)OC)CCNC2. The van der Waals surface area contributed by atoms with Gasteiger partial charge >= 0.3 is 5.97 Å². The average Bonchev–Trinajstić information content (AvgIpc) is 2.75. The number of anilines is 1. The summed E-state index contributed by atoms with van der Waals surface area (Å²) in [5.41, 5.74) is 1.46. The Hall–Kier alpha value is -1.44. The monoisotopic (exact) mass is 284 g/mol. The average molecular weight is 284 g/mol. The normalized spacial score (nSPS) is 13.8. The van der Waals surface area contributed by atoms with Crippen LogP contribution in [0.15, 0.2) is 0 Å². The Morgan fingerprint density at radius 3 is 2.89 bits per heavy atom. The zero-order valence-electron chi connectivity index (χ0n) is 10.9. The van der Waals surface area contributed by atoms with E-state index in [9.17, 15) is 9.59 Å². The Morgan fingerprint density at radius 2 is 2.21 bits per heavy atom. The molecule has 2 N–H and O–H groups in total. The van der Waals surface area contributed by atoms with Gasteiger partial charge in [0.25, 0.3) is 5.91 Å². The number of nitrogens with one attached hydrogen (secondary N) is 2. The first-order valence-corrected chi connectivity index (χ1v) is 6.71. The van der Waals surface area contributed by atoms with E-state index in [1.165, 1.54) is 25.6 Å². The van der Waals surface area contributed by atoms with Gasteiger partial charge < -0.3 is 20.1 Å². The zero-order valence-corrected chi connectivity index (χ0v) is 11.7. The molecule has 0 fully saturated rings. The van der Waals surface area contributed by atoms with Gasteiger partial charge in [0.05, 0.1) is 12.7 Å². The van der Waals surface area contributed by atoms with Gasteiger partial charge in [-0.25, -0.2) is 4.79 Å². The van der Waals surface area contributed by atoms with Crippen molar-refractivity contribution in [1.29, 1.82) is 0 Å². The van der Waals surface area contributed by atoms with Gasteiger partial charge in [0.15, 0.2) is 0 Å². The molecule has 0 spiro atoms. The molecule has 19 heavy (non-hydrogen) atoms. The largest absolute Gasteiger partial charge is 0.465 e. The van der Waals surface area contributed by atoms with Gasteiger partial charge in [-0.15, -0.1) is 11.3 Å². The summed E-state index contributed by atoms with van der Waals surface area (Å²) in [5.74, 6) is -0.689. The van der Waals surface area contributed by atoms with Gasteiger partial charge in [-0.1, -0.05) is 0 Å². The lowest BCUT2D eigenvalue weighted by molar-refractivity contribution is -0.119. The van der Waals surface area contributed by atoms with Crippen LogP contribution in [-0.4, -0.2) is 39.2 Å². The molecule has 0 saturated heterocycles. The first-order valence-electron chi connectivity index (χ1n) is 5.89. The number of ether oxygens (including phenoxy) is 2. The number of methoxy groups -OCH3 is 2. The molecule has 0 unspecified atom stereocenters. The molecule has 1 aromatic heterocycles. The lowest BCUT2D eigenvalue weighted by Crippen LogP contribution is -2.23. The summed E-state index contributed by atoms with van der Waals surface area (Å²) >= 11 is 1.41. The van der Waals surface area contributed by atoms with Crippen LogP contribution in [0.1, 0.15) is 20.8 Å². The Bertz CT molecular complexity index is 498. The summed E-state index contributed by atoms with van der Waals surface area (Å²) in [6.07, 6.45) is 0.760. The summed E-state index contributed by atoms with van der Waals surface area (Å²) in [7, 11) is 2.79. The van der Waals surface area contributed by atoms with Gasteiger partial charge in [0.2, 0.25) is 0 Å². The second-order valence-corrected chi connectivity index (χ2v) is 5.21. The second-order valence-electron chi connectivity index (χ2n) is 4.11. The first kappa shape index (κ1) is 14.0. The Labute approximate surface area is 115 Å². The minimum Gasteiger partial charge on any atom is -0.465 e. The summed E-state index contributed by atoms with van der Waals surface area (Å²) in [6.45, 7) is 1.49. The maximum absolute atomic E-state index is 11.9. The van der Waals surface area contributed by atoms with Crippen molar-refractivity contribution in [3.8, 4) is 0 Å². The number of hydrogen-bond acceptors (Lipinski definition) is 6. The molecule has 1 amide bonds. The zero-order chi connectivity index (χ0) is 13.8. The molecule has 2 rings (SSSR count). The van der Waals surface area contributed by atoms with Crippen molar-refractivity contribution in [3.63, 3.8) is 0 Å². The highest BCUT2D eigenvalue weighted by Gasteiger charge is 2.26. The molecule has 0 radical (unpaired) electrons. The predicted octanol–water partition coefficient (Wildman–Crippen LogP) is 0.765. The summed E-state index contributed by atoms with van der Waals surface area (Å²) in [5, 5.41) is 6.49. The van der Waals surface area contributed by atoms with E-state index < -0.39 is 5.97 Å². The molecular formula is C12H16N2O4S. The van der Waals surface area contributed by atoms with Gasteiger partial charge in [-0.05, 0) is 18.5 Å². The van der Waals surface area contributed by atoms with Crippen LogP contribution < -0.4 is 10.6 Å². The van der Waals surface area contributed by atoms with Crippen molar-refractivity contribution >= 4 is 28.2 Å². The maximum atomic E-state index is 11.9. The molecular weight excluding hydrogens is 268 g/mol. The van der Waals surface area contributed by atoms with E-state index in [1.54, 1.807) is 0 Å². The number of amides is 1. The molecule has 1 aliphatic rings. The topological polar surface area (TPSA) is 76.7 Å². The highest BCUT2D eigenvalue weighted by molar-refractivity contribution is 7.17. The number of hydrogen-bond donors (Lipinski definition) is 2. The number of carbonyl (C=O) groups excluding carboxylic acids is 2. The predicted molar refractivity (Wildman–Crippen MR) is 71.6 cm³/mol. The van der Waals surface area contributed by atoms with Gasteiger partial charge in [0.1, 0.15) is 11.6 Å². The van der Waals surface area contributed by atoms with Crippen molar-refractivity contribution in [3.05, 3.63) is 16.0 Å². The molecule has 0 aliphatic carbocycles. The number of esters is 1. The molecule has 0 aromatic carbocycles. The fourth-order valence-corrected chi connectivity index (χ4v) is 3.26. The smallest absolute Gasteiger partial charge is 0.341 e. The van der Waals surface area contributed by atoms with Gasteiger partial charge in [-0.3, -0.25) is 4.79 Å². The Kier molecular flexibility index (Phi) is 4.52.